The molecule has 0 bridgehead atoms. The summed E-state index contributed by atoms with van der Waals surface area (Å²) in [5.74, 6) is 0.593. The molecule has 0 spiro atoms. The van der Waals surface area contributed by atoms with Crippen LogP contribution in [0.3, 0.4) is 0 Å². The molecule has 0 fully saturated rings. The molecule has 3 N–H and O–H groups in total. The molecule has 2 aromatic rings. The van der Waals surface area contributed by atoms with Gasteiger partial charge in [0, 0.05) is 6.92 Å². The molecule has 1 atom stereocenters. The molecule has 0 aliphatic carbocycles. The summed E-state index contributed by atoms with van der Waals surface area (Å²) in [6.07, 6.45) is 0.542. The number of anilines is 1. The number of nitrogens with two attached hydrogens (primary N) is 1. The Morgan fingerprint density at radius 2 is 2.10 bits per heavy atom. The van der Waals surface area contributed by atoms with Crippen LogP contribution in [0.2, 0.25) is 0 Å². The highest BCUT2D eigenvalue weighted by molar-refractivity contribution is 6.00. The number of para-hydroxylation sites is 1. The van der Waals surface area contributed by atoms with Crippen LogP contribution in [0.4, 0.5) is 5.69 Å². The fourth-order valence-corrected chi connectivity index (χ4v) is 1.61. The van der Waals surface area contributed by atoms with E-state index >= 15 is 0 Å². The maximum absolute atomic E-state index is 12.2. The number of aromatic nitrogens is 2. The number of nitrogens with zero attached hydrogens (tertiary/aromatic N) is 2. The van der Waals surface area contributed by atoms with Gasteiger partial charge in [0.2, 0.25) is 17.7 Å². The van der Waals surface area contributed by atoms with Gasteiger partial charge in [-0.3, -0.25) is 4.79 Å². The highest BCUT2D eigenvalue weighted by atomic mass is 16.4. The SMILES string of the molecule is CCC(C)(N)C(=O)Nc1ccccc1-c1nnc(C)o1. The number of hydrogen-bond acceptors (Lipinski definition) is 5. The van der Waals surface area contributed by atoms with E-state index in [-0.39, 0.29) is 5.91 Å². The molecular weight excluding hydrogens is 256 g/mol. The summed E-state index contributed by atoms with van der Waals surface area (Å²) in [6, 6.07) is 7.25. The molecule has 6 nitrogen and oxygen atoms in total. The van der Waals surface area contributed by atoms with E-state index in [9.17, 15) is 4.79 Å². The van der Waals surface area contributed by atoms with Crippen molar-refractivity contribution in [2.75, 3.05) is 5.32 Å². The third kappa shape index (κ3) is 2.85. The van der Waals surface area contributed by atoms with Gasteiger partial charge in [0.15, 0.2) is 0 Å². The summed E-state index contributed by atoms with van der Waals surface area (Å²) in [5.41, 5.74) is 6.30. The van der Waals surface area contributed by atoms with Crippen LogP contribution in [0.15, 0.2) is 28.7 Å². The van der Waals surface area contributed by atoms with Crippen LogP contribution in [0.5, 0.6) is 0 Å². The van der Waals surface area contributed by atoms with Gasteiger partial charge in [-0.15, -0.1) is 10.2 Å². The number of benzene rings is 1. The maximum atomic E-state index is 12.2. The van der Waals surface area contributed by atoms with Gasteiger partial charge in [-0.05, 0) is 25.5 Å². The van der Waals surface area contributed by atoms with Gasteiger partial charge < -0.3 is 15.5 Å². The number of aryl methyl sites for hydroxylation is 1. The molecule has 1 unspecified atom stereocenters. The van der Waals surface area contributed by atoms with Crippen LogP contribution < -0.4 is 11.1 Å². The number of carbonyl (C=O) groups excluding carboxylic acids is 1. The quantitative estimate of drug-likeness (QED) is 0.890. The van der Waals surface area contributed by atoms with Gasteiger partial charge in [-0.1, -0.05) is 19.1 Å². The minimum absolute atomic E-state index is 0.247. The minimum atomic E-state index is -0.919. The fourth-order valence-electron chi connectivity index (χ4n) is 1.61. The molecule has 0 aliphatic heterocycles. The summed E-state index contributed by atoms with van der Waals surface area (Å²) in [4.78, 5) is 12.2. The topological polar surface area (TPSA) is 94.0 Å². The maximum Gasteiger partial charge on any atom is 0.249 e. The van der Waals surface area contributed by atoms with Gasteiger partial charge in [-0.2, -0.15) is 0 Å². The molecule has 1 amide bonds. The van der Waals surface area contributed by atoms with Crippen molar-refractivity contribution in [2.24, 2.45) is 5.73 Å². The molecular formula is C14H18N4O2. The number of carbonyl (C=O) groups is 1. The van der Waals surface area contributed by atoms with Crippen LogP contribution >= 0.6 is 0 Å². The summed E-state index contributed by atoms with van der Waals surface area (Å²) in [7, 11) is 0. The molecule has 20 heavy (non-hydrogen) atoms. The van der Waals surface area contributed by atoms with Crippen LogP contribution in [-0.2, 0) is 4.79 Å². The standard InChI is InChI=1S/C14H18N4O2/c1-4-14(3,15)13(19)16-11-8-6-5-7-10(11)12-18-17-9(2)20-12/h5-8H,4,15H2,1-3H3,(H,16,19). The van der Waals surface area contributed by atoms with E-state index < -0.39 is 5.54 Å². The zero-order valence-electron chi connectivity index (χ0n) is 11.8. The summed E-state index contributed by atoms with van der Waals surface area (Å²) in [5, 5.41) is 10.6. The first-order chi connectivity index (χ1) is 9.44. The second-order valence-corrected chi connectivity index (χ2v) is 4.90. The predicted octanol–water partition coefficient (Wildman–Crippen LogP) is 2.11. The molecule has 1 aromatic heterocycles. The van der Waals surface area contributed by atoms with Crippen molar-refractivity contribution in [1.29, 1.82) is 0 Å². The molecule has 2 rings (SSSR count). The third-order valence-electron chi connectivity index (χ3n) is 3.18. The zero-order valence-corrected chi connectivity index (χ0v) is 11.8. The Kier molecular flexibility index (Phi) is 3.85. The zero-order chi connectivity index (χ0) is 14.8. The Bertz CT molecular complexity index is 619. The largest absolute Gasteiger partial charge is 0.421 e. The summed E-state index contributed by atoms with van der Waals surface area (Å²) >= 11 is 0. The minimum Gasteiger partial charge on any atom is -0.421 e. The predicted molar refractivity (Wildman–Crippen MR) is 76.0 cm³/mol. The van der Waals surface area contributed by atoms with Gasteiger partial charge in [0.25, 0.3) is 0 Å². The second kappa shape index (κ2) is 5.42. The van der Waals surface area contributed by atoms with Crippen LogP contribution in [0, 0.1) is 6.92 Å². The van der Waals surface area contributed by atoms with Crippen molar-refractivity contribution in [3.63, 3.8) is 0 Å². The average Bonchev–Trinajstić information content (AvgIpc) is 2.85. The number of hydrogen-bond donors (Lipinski definition) is 2. The molecule has 0 aliphatic rings. The van der Waals surface area contributed by atoms with Crippen LogP contribution in [-0.4, -0.2) is 21.6 Å². The van der Waals surface area contributed by atoms with Gasteiger partial charge in [0.05, 0.1) is 16.8 Å². The lowest BCUT2D eigenvalue weighted by Gasteiger charge is -2.22. The van der Waals surface area contributed by atoms with Crippen molar-refractivity contribution in [1.82, 2.24) is 10.2 Å². The van der Waals surface area contributed by atoms with E-state index in [1.54, 1.807) is 19.9 Å². The molecule has 0 saturated carbocycles. The van der Waals surface area contributed by atoms with Gasteiger partial charge in [-0.25, -0.2) is 0 Å². The highest BCUT2D eigenvalue weighted by Crippen LogP contribution is 2.27. The Hall–Kier alpha value is -2.21. The number of nitrogens with one attached hydrogen (secondary N) is 1. The van der Waals surface area contributed by atoms with Crippen molar-refractivity contribution in [3.05, 3.63) is 30.2 Å². The third-order valence-corrected chi connectivity index (χ3v) is 3.18. The first kappa shape index (κ1) is 14.2. The molecule has 0 radical (unpaired) electrons. The van der Waals surface area contributed by atoms with E-state index in [2.05, 4.69) is 15.5 Å². The van der Waals surface area contributed by atoms with Crippen molar-refractivity contribution in [2.45, 2.75) is 32.7 Å². The number of rotatable bonds is 4. The van der Waals surface area contributed by atoms with Crippen molar-refractivity contribution >= 4 is 11.6 Å². The van der Waals surface area contributed by atoms with Crippen LogP contribution in [0.25, 0.3) is 11.5 Å². The lowest BCUT2D eigenvalue weighted by Crippen LogP contribution is -2.47. The molecule has 1 aromatic carbocycles. The highest BCUT2D eigenvalue weighted by Gasteiger charge is 2.27. The van der Waals surface area contributed by atoms with E-state index in [1.807, 2.05) is 25.1 Å². The van der Waals surface area contributed by atoms with Crippen LogP contribution in [0.1, 0.15) is 26.2 Å². The first-order valence-electron chi connectivity index (χ1n) is 6.44. The molecule has 1 heterocycles. The Morgan fingerprint density at radius 1 is 1.40 bits per heavy atom. The van der Waals surface area contributed by atoms with Crippen molar-refractivity contribution < 1.29 is 9.21 Å². The monoisotopic (exact) mass is 274 g/mol. The Morgan fingerprint density at radius 3 is 2.70 bits per heavy atom. The second-order valence-electron chi connectivity index (χ2n) is 4.90. The Labute approximate surface area is 117 Å². The van der Waals surface area contributed by atoms with Crippen molar-refractivity contribution in [3.8, 4) is 11.5 Å². The van der Waals surface area contributed by atoms with E-state index in [1.165, 1.54) is 0 Å². The molecule has 6 heteroatoms. The fraction of sp³-hybridized carbons (Fsp3) is 0.357. The van der Waals surface area contributed by atoms with E-state index in [0.29, 0.717) is 29.5 Å². The summed E-state index contributed by atoms with van der Waals surface area (Å²) < 4.78 is 5.40. The smallest absolute Gasteiger partial charge is 0.249 e. The average molecular weight is 274 g/mol. The lowest BCUT2D eigenvalue weighted by atomic mass is 9.99. The normalized spacial score (nSPS) is 13.8. The molecule has 106 valence electrons. The summed E-state index contributed by atoms with van der Waals surface area (Å²) in [6.45, 7) is 5.28. The van der Waals surface area contributed by atoms with Gasteiger partial charge >= 0.3 is 0 Å². The number of amides is 1. The lowest BCUT2D eigenvalue weighted by molar-refractivity contribution is -0.120. The van der Waals surface area contributed by atoms with E-state index in [4.69, 9.17) is 10.2 Å². The van der Waals surface area contributed by atoms with Gasteiger partial charge in [0.1, 0.15) is 0 Å². The first-order valence-corrected chi connectivity index (χ1v) is 6.44. The Balaban J connectivity index is 2.32. The van der Waals surface area contributed by atoms with E-state index in [0.717, 1.165) is 0 Å². The molecule has 0 saturated heterocycles.